The number of nitro benzene ring substituents is 1. The summed E-state index contributed by atoms with van der Waals surface area (Å²) in [6, 6.07) is 10.4. The van der Waals surface area contributed by atoms with Gasteiger partial charge in [-0.05, 0) is 60.1 Å². The van der Waals surface area contributed by atoms with Crippen LogP contribution < -0.4 is 24.4 Å². The number of carbonyl (C=O) groups excluding carboxylic acids is 1. The Morgan fingerprint density at radius 3 is 2.67 bits per heavy atom. The van der Waals surface area contributed by atoms with Gasteiger partial charge in [0.2, 0.25) is 0 Å². The zero-order chi connectivity index (χ0) is 31.0. The average Bonchev–Trinajstić information content (AvgIpc) is 3.57. The molecule has 2 aromatic heterocycles. The van der Waals surface area contributed by atoms with Gasteiger partial charge in [0.25, 0.3) is 11.2 Å². The van der Waals surface area contributed by atoms with E-state index >= 15 is 0 Å². The number of esters is 1. The zero-order valence-corrected chi connectivity index (χ0v) is 26.3. The normalized spacial score (nSPS) is 14.7. The molecule has 3 heterocycles. The van der Waals surface area contributed by atoms with Crippen LogP contribution in [0.1, 0.15) is 31.2 Å². The van der Waals surface area contributed by atoms with E-state index in [-0.39, 0.29) is 31.9 Å². The van der Waals surface area contributed by atoms with Crippen molar-refractivity contribution in [3.05, 3.63) is 104 Å². The number of hydrogen-bond acceptors (Lipinski definition) is 10. The number of aromatic nitrogens is 1. The summed E-state index contributed by atoms with van der Waals surface area (Å²) < 4.78 is 24.1. The van der Waals surface area contributed by atoms with Gasteiger partial charge in [0.15, 0.2) is 4.80 Å². The van der Waals surface area contributed by atoms with Crippen LogP contribution in [0.5, 0.6) is 11.5 Å². The number of benzene rings is 2. The lowest BCUT2D eigenvalue weighted by molar-refractivity contribution is -0.385. The van der Waals surface area contributed by atoms with E-state index in [0.29, 0.717) is 44.6 Å². The van der Waals surface area contributed by atoms with Gasteiger partial charge in [0.1, 0.15) is 33.5 Å². The fraction of sp³-hybridized carbons (Fsp3) is 0.207. The molecule has 43 heavy (non-hydrogen) atoms. The Morgan fingerprint density at radius 1 is 1.23 bits per heavy atom. The molecule has 1 aliphatic heterocycles. The molecule has 1 atom stereocenters. The van der Waals surface area contributed by atoms with Crippen LogP contribution in [0.15, 0.2) is 72.4 Å². The van der Waals surface area contributed by atoms with Crippen molar-refractivity contribution < 1.29 is 28.3 Å². The van der Waals surface area contributed by atoms with E-state index < -0.39 is 22.5 Å². The second-order valence-electron chi connectivity index (χ2n) is 9.16. The summed E-state index contributed by atoms with van der Waals surface area (Å²) >= 11 is 10.4. The van der Waals surface area contributed by atoms with Gasteiger partial charge in [-0.25, -0.2) is 9.79 Å². The summed E-state index contributed by atoms with van der Waals surface area (Å²) in [5, 5.41) is 11.6. The van der Waals surface area contributed by atoms with E-state index in [1.165, 1.54) is 30.9 Å². The monoisotopic (exact) mass is 687 g/mol. The van der Waals surface area contributed by atoms with Gasteiger partial charge in [0.05, 0.1) is 46.6 Å². The fourth-order valence-corrected chi connectivity index (χ4v) is 6.31. The third-order valence-electron chi connectivity index (χ3n) is 6.64. The number of allylic oxidation sites excluding steroid dienone is 1. The zero-order valence-electron chi connectivity index (χ0n) is 23.2. The molecule has 4 aromatic rings. The molecule has 1 aliphatic rings. The molecule has 0 amide bonds. The van der Waals surface area contributed by atoms with Gasteiger partial charge < -0.3 is 18.6 Å². The number of halogens is 2. The van der Waals surface area contributed by atoms with Gasteiger partial charge in [-0.1, -0.05) is 22.9 Å². The van der Waals surface area contributed by atoms with E-state index in [0.717, 1.165) is 11.3 Å². The van der Waals surface area contributed by atoms with Crippen molar-refractivity contribution in [1.82, 2.24) is 4.57 Å². The third kappa shape index (κ3) is 5.63. The quantitative estimate of drug-likeness (QED) is 0.136. The van der Waals surface area contributed by atoms with Crippen LogP contribution >= 0.6 is 38.9 Å². The Kier molecular flexibility index (Phi) is 8.58. The minimum Gasteiger partial charge on any atom is -0.497 e. The average molecular weight is 689 g/mol. The second kappa shape index (κ2) is 12.2. The van der Waals surface area contributed by atoms with Gasteiger partial charge in [-0.15, -0.1) is 0 Å². The number of ether oxygens (including phenoxy) is 3. The predicted octanol–water partition coefficient (Wildman–Crippen LogP) is 5.40. The molecule has 222 valence electrons. The summed E-state index contributed by atoms with van der Waals surface area (Å²) in [4.78, 5) is 43.0. The molecule has 0 saturated heterocycles. The number of fused-ring (bicyclic) bond motifs is 1. The molecule has 0 N–H and O–H groups in total. The van der Waals surface area contributed by atoms with Crippen molar-refractivity contribution in [3.8, 4) is 22.8 Å². The van der Waals surface area contributed by atoms with Crippen molar-refractivity contribution >= 4 is 56.6 Å². The van der Waals surface area contributed by atoms with Crippen LogP contribution in [0.25, 0.3) is 17.4 Å². The van der Waals surface area contributed by atoms with Crippen LogP contribution in [0.3, 0.4) is 0 Å². The van der Waals surface area contributed by atoms with E-state index in [9.17, 15) is 19.7 Å². The Bertz CT molecular complexity index is 1990. The van der Waals surface area contributed by atoms with Gasteiger partial charge in [0, 0.05) is 29.3 Å². The van der Waals surface area contributed by atoms with Crippen LogP contribution in [0.4, 0.5) is 5.69 Å². The lowest BCUT2D eigenvalue weighted by atomic mass is 9.95. The second-order valence-corrected chi connectivity index (χ2v) is 11.4. The highest BCUT2D eigenvalue weighted by Crippen LogP contribution is 2.39. The number of rotatable bonds is 8. The van der Waals surface area contributed by atoms with Gasteiger partial charge >= 0.3 is 5.97 Å². The van der Waals surface area contributed by atoms with Crippen molar-refractivity contribution in [2.75, 3.05) is 20.8 Å². The van der Waals surface area contributed by atoms with E-state index in [1.54, 1.807) is 50.3 Å². The number of thiazole rings is 1. The molecule has 0 aliphatic carbocycles. The summed E-state index contributed by atoms with van der Waals surface area (Å²) in [5.41, 5.74) is 0.919. The lowest BCUT2D eigenvalue weighted by Crippen LogP contribution is -2.40. The number of furan rings is 1. The Hall–Kier alpha value is -4.20. The first-order valence-electron chi connectivity index (χ1n) is 12.7. The van der Waals surface area contributed by atoms with Gasteiger partial charge in [-0.3, -0.25) is 19.5 Å². The molecular weight excluding hydrogens is 666 g/mol. The molecular formula is C29H23BrClN3O8S. The maximum Gasteiger partial charge on any atom is 0.338 e. The number of hydrogen-bond donors (Lipinski definition) is 0. The van der Waals surface area contributed by atoms with Crippen LogP contribution in [0, 0.1) is 10.1 Å². The summed E-state index contributed by atoms with van der Waals surface area (Å²) in [5.74, 6) is 0.990. The summed E-state index contributed by atoms with van der Waals surface area (Å²) in [6.45, 7) is 3.53. The highest BCUT2D eigenvalue weighted by atomic mass is 79.9. The maximum absolute atomic E-state index is 13.9. The first-order valence-corrected chi connectivity index (χ1v) is 14.7. The minimum atomic E-state index is -0.893. The summed E-state index contributed by atoms with van der Waals surface area (Å²) in [6.07, 6.45) is 1.55. The topological polar surface area (TPSA) is 135 Å². The van der Waals surface area contributed by atoms with Gasteiger partial charge in [-0.2, -0.15) is 0 Å². The summed E-state index contributed by atoms with van der Waals surface area (Å²) in [7, 11) is 3.02. The predicted molar refractivity (Wildman–Crippen MR) is 163 cm³/mol. The SMILES string of the molecule is CCOC(=O)C1=C(C)N=c2s/c(=C\c3ccc(-c4cc(Cl)c(Br)c([N+](=O)[O-])c4)o3)c(=O)n2[C@@H]1c1ccc(OC)cc1OC. The van der Waals surface area contributed by atoms with E-state index in [4.69, 9.17) is 30.2 Å². The van der Waals surface area contributed by atoms with E-state index in [2.05, 4.69) is 20.9 Å². The Balaban J connectivity index is 1.65. The minimum absolute atomic E-state index is 0.139. The largest absolute Gasteiger partial charge is 0.497 e. The van der Waals surface area contributed by atoms with Crippen LogP contribution in [0.2, 0.25) is 5.02 Å². The molecule has 0 spiro atoms. The van der Waals surface area contributed by atoms with E-state index in [1.807, 2.05) is 0 Å². The smallest absolute Gasteiger partial charge is 0.338 e. The number of nitro groups is 1. The molecule has 5 rings (SSSR count). The lowest BCUT2D eigenvalue weighted by Gasteiger charge is -2.26. The highest BCUT2D eigenvalue weighted by Gasteiger charge is 2.35. The van der Waals surface area contributed by atoms with Crippen molar-refractivity contribution in [1.29, 1.82) is 0 Å². The molecule has 0 unspecified atom stereocenters. The number of nitrogens with zero attached hydrogens (tertiary/aromatic N) is 3. The van der Waals surface area contributed by atoms with Crippen LogP contribution in [-0.4, -0.2) is 36.3 Å². The van der Waals surface area contributed by atoms with Crippen molar-refractivity contribution in [2.45, 2.75) is 19.9 Å². The number of carbonyl (C=O) groups is 1. The molecule has 0 fully saturated rings. The van der Waals surface area contributed by atoms with Crippen LogP contribution in [-0.2, 0) is 9.53 Å². The maximum atomic E-state index is 13.9. The fourth-order valence-electron chi connectivity index (χ4n) is 4.69. The van der Waals surface area contributed by atoms with Crippen molar-refractivity contribution in [2.24, 2.45) is 4.99 Å². The standard InChI is InChI=1S/C29H23BrClN3O8S/c1-5-41-28(36)24-14(2)32-29-33(26(24)18-8-6-16(39-3)12-22(18)40-4)27(35)23(43-29)13-17-7-9-21(42-17)15-10-19(31)25(30)20(11-15)34(37)38/h6-13,26H,5H2,1-4H3/b23-13-/t26-/m1/s1. The van der Waals surface area contributed by atoms with Crippen molar-refractivity contribution in [3.63, 3.8) is 0 Å². The highest BCUT2D eigenvalue weighted by molar-refractivity contribution is 9.10. The number of methoxy groups -OCH3 is 2. The molecule has 0 bridgehead atoms. The first-order chi connectivity index (χ1) is 20.6. The molecule has 0 radical (unpaired) electrons. The Labute approximate surface area is 261 Å². The molecule has 14 heteroatoms. The Morgan fingerprint density at radius 2 is 2.00 bits per heavy atom. The molecule has 0 saturated carbocycles. The third-order valence-corrected chi connectivity index (χ3v) is 8.99. The molecule has 11 nitrogen and oxygen atoms in total. The first kappa shape index (κ1) is 30.3. The molecule has 2 aromatic carbocycles.